The van der Waals surface area contributed by atoms with Gasteiger partial charge in [0.25, 0.3) is 0 Å². The van der Waals surface area contributed by atoms with Crippen molar-refractivity contribution in [3.63, 3.8) is 0 Å². The molecule has 2 aromatic carbocycles. The summed E-state index contributed by atoms with van der Waals surface area (Å²) in [5.41, 5.74) is 4.62. The highest BCUT2D eigenvalue weighted by atomic mass is 16.5. The standard InChI is InChI=1S/C26H23N7O2/c1-17-25-20(19-9-5-6-10-21(19)35-14-13-18-7-3-2-4-8-18)15-24(34)28-26(25)33(30-17)23-12-11-22-29-27-16-32(22)31-23/h2-12,16,20H,13-15H2,1H3,(H,28,34). The van der Waals surface area contributed by atoms with Gasteiger partial charge in [0.2, 0.25) is 5.91 Å². The van der Waals surface area contributed by atoms with Crippen LogP contribution in [0.5, 0.6) is 5.75 Å². The molecule has 0 saturated heterocycles. The first-order chi connectivity index (χ1) is 17.2. The zero-order valence-corrected chi connectivity index (χ0v) is 19.1. The van der Waals surface area contributed by atoms with Crippen molar-refractivity contribution >= 4 is 17.4 Å². The van der Waals surface area contributed by atoms with Crippen LogP contribution in [-0.4, -0.2) is 42.1 Å². The molecule has 1 atom stereocenters. The van der Waals surface area contributed by atoms with Crippen LogP contribution in [0.4, 0.5) is 5.82 Å². The predicted octanol–water partition coefficient (Wildman–Crippen LogP) is 3.71. The molecule has 5 aromatic rings. The summed E-state index contributed by atoms with van der Waals surface area (Å²) in [6.07, 6.45) is 2.66. The van der Waals surface area contributed by atoms with E-state index in [-0.39, 0.29) is 11.8 Å². The van der Waals surface area contributed by atoms with Gasteiger partial charge in [0, 0.05) is 29.9 Å². The second kappa shape index (κ2) is 8.68. The Labute approximate surface area is 201 Å². The Balaban J connectivity index is 1.35. The molecule has 1 N–H and O–H groups in total. The number of benzene rings is 2. The molecule has 1 unspecified atom stereocenters. The topological polar surface area (TPSA) is 99.2 Å². The Bertz CT molecular complexity index is 1520. The van der Waals surface area contributed by atoms with E-state index in [0.29, 0.717) is 30.3 Å². The van der Waals surface area contributed by atoms with Gasteiger partial charge in [-0.1, -0.05) is 48.5 Å². The highest BCUT2D eigenvalue weighted by molar-refractivity contribution is 5.95. The number of hydrogen-bond donors (Lipinski definition) is 1. The minimum Gasteiger partial charge on any atom is -0.493 e. The molecule has 35 heavy (non-hydrogen) atoms. The van der Waals surface area contributed by atoms with E-state index in [2.05, 4.69) is 32.7 Å². The first-order valence-corrected chi connectivity index (χ1v) is 11.5. The van der Waals surface area contributed by atoms with Crippen LogP contribution in [0.15, 0.2) is 73.1 Å². The molecule has 1 aliphatic heterocycles. The van der Waals surface area contributed by atoms with Crippen LogP contribution in [-0.2, 0) is 11.2 Å². The monoisotopic (exact) mass is 465 g/mol. The normalized spacial score (nSPS) is 15.1. The van der Waals surface area contributed by atoms with E-state index in [1.165, 1.54) is 11.9 Å². The van der Waals surface area contributed by atoms with Gasteiger partial charge in [-0.3, -0.25) is 4.79 Å². The SMILES string of the molecule is Cc1nn(-c2ccc3nncn3n2)c2c1C(c1ccccc1OCCc1ccccc1)CC(=O)N2. The maximum absolute atomic E-state index is 12.8. The van der Waals surface area contributed by atoms with Crippen molar-refractivity contribution < 1.29 is 9.53 Å². The molecule has 9 heteroatoms. The largest absolute Gasteiger partial charge is 0.493 e. The molecule has 9 nitrogen and oxygen atoms in total. The number of nitrogens with zero attached hydrogens (tertiary/aromatic N) is 6. The molecule has 0 bridgehead atoms. The molecule has 0 radical (unpaired) electrons. The lowest BCUT2D eigenvalue weighted by Gasteiger charge is -2.26. The highest BCUT2D eigenvalue weighted by Gasteiger charge is 2.34. The Morgan fingerprint density at radius 3 is 2.74 bits per heavy atom. The van der Waals surface area contributed by atoms with Crippen molar-refractivity contribution in [2.75, 3.05) is 11.9 Å². The number of carbonyl (C=O) groups is 1. The summed E-state index contributed by atoms with van der Waals surface area (Å²) in [5.74, 6) is 1.72. The number of nitrogens with one attached hydrogen (secondary N) is 1. The third-order valence-corrected chi connectivity index (χ3v) is 6.25. The van der Waals surface area contributed by atoms with Crippen molar-refractivity contribution in [3.05, 3.63) is 95.4 Å². The van der Waals surface area contributed by atoms with Crippen molar-refractivity contribution in [2.45, 2.75) is 25.7 Å². The Morgan fingerprint density at radius 2 is 1.86 bits per heavy atom. The zero-order chi connectivity index (χ0) is 23.8. The number of ether oxygens (including phenoxy) is 1. The van der Waals surface area contributed by atoms with Crippen LogP contribution in [0.25, 0.3) is 11.5 Å². The van der Waals surface area contributed by atoms with Gasteiger partial charge in [-0.25, -0.2) is 0 Å². The molecule has 4 heterocycles. The van der Waals surface area contributed by atoms with Gasteiger partial charge in [0.1, 0.15) is 17.9 Å². The molecular formula is C26H23N7O2. The lowest BCUT2D eigenvalue weighted by Crippen LogP contribution is -2.25. The molecule has 3 aromatic heterocycles. The molecule has 1 amide bonds. The maximum atomic E-state index is 12.8. The number of hydrogen-bond acceptors (Lipinski definition) is 6. The first-order valence-electron chi connectivity index (χ1n) is 11.5. The highest BCUT2D eigenvalue weighted by Crippen LogP contribution is 2.43. The molecule has 6 rings (SSSR count). The Morgan fingerprint density at radius 1 is 1.03 bits per heavy atom. The number of carbonyl (C=O) groups excluding carboxylic acids is 1. The van der Waals surface area contributed by atoms with Crippen LogP contribution in [0, 0.1) is 6.92 Å². The maximum Gasteiger partial charge on any atom is 0.226 e. The molecular weight excluding hydrogens is 442 g/mol. The molecule has 0 spiro atoms. The summed E-state index contributed by atoms with van der Waals surface area (Å²) in [5, 5.41) is 20.2. The molecule has 0 saturated carbocycles. The summed E-state index contributed by atoms with van der Waals surface area (Å²) < 4.78 is 9.48. The van der Waals surface area contributed by atoms with Crippen LogP contribution < -0.4 is 10.1 Å². The minimum absolute atomic E-state index is 0.0758. The average molecular weight is 466 g/mol. The lowest BCUT2D eigenvalue weighted by atomic mass is 9.85. The van der Waals surface area contributed by atoms with E-state index in [4.69, 9.17) is 9.84 Å². The second-order valence-electron chi connectivity index (χ2n) is 8.51. The van der Waals surface area contributed by atoms with E-state index in [9.17, 15) is 4.79 Å². The Kier molecular flexibility index (Phi) is 5.21. The smallest absolute Gasteiger partial charge is 0.226 e. The number of aromatic nitrogens is 6. The number of aryl methyl sites for hydroxylation is 1. The summed E-state index contributed by atoms with van der Waals surface area (Å²) in [6, 6.07) is 21.8. The quantitative estimate of drug-likeness (QED) is 0.410. The second-order valence-corrected chi connectivity index (χ2v) is 8.51. The summed E-state index contributed by atoms with van der Waals surface area (Å²) >= 11 is 0. The first kappa shape index (κ1) is 21.0. The van der Waals surface area contributed by atoms with Crippen molar-refractivity contribution in [1.29, 1.82) is 0 Å². The van der Waals surface area contributed by atoms with Crippen molar-refractivity contribution in [3.8, 4) is 11.6 Å². The van der Waals surface area contributed by atoms with Crippen LogP contribution >= 0.6 is 0 Å². The fraction of sp³-hybridized carbons (Fsp3) is 0.192. The van der Waals surface area contributed by atoms with Crippen LogP contribution in [0.2, 0.25) is 0 Å². The average Bonchev–Trinajstić information content (AvgIpc) is 3.48. The van der Waals surface area contributed by atoms with Gasteiger partial charge >= 0.3 is 0 Å². The van der Waals surface area contributed by atoms with Crippen molar-refractivity contribution in [1.82, 2.24) is 29.6 Å². The fourth-order valence-electron chi connectivity index (χ4n) is 4.63. The lowest BCUT2D eigenvalue weighted by molar-refractivity contribution is -0.116. The summed E-state index contributed by atoms with van der Waals surface area (Å²) in [6.45, 7) is 2.50. The van der Waals surface area contributed by atoms with Gasteiger partial charge in [-0.05, 0) is 30.7 Å². The number of anilines is 1. The summed E-state index contributed by atoms with van der Waals surface area (Å²) in [7, 11) is 0. The number of amides is 1. The molecule has 1 aliphatic rings. The number of fused-ring (bicyclic) bond motifs is 2. The van der Waals surface area contributed by atoms with Crippen molar-refractivity contribution in [2.24, 2.45) is 0 Å². The van der Waals surface area contributed by atoms with E-state index in [0.717, 1.165) is 29.0 Å². The van der Waals surface area contributed by atoms with Gasteiger partial charge in [0.15, 0.2) is 11.5 Å². The molecule has 174 valence electrons. The Hall–Kier alpha value is -4.53. The van der Waals surface area contributed by atoms with E-state index >= 15 is 0 Å². The minimum atomic E-state index is -0.181. The summed E-state index contributed by atoms with van der Waals surface area (Å²) in [4.78, 5) is 12.8. The molecule has 0 fully saturated rings. The third-order valence-electron chi connectivity index (χ3n) is 6.25. The predicted molar refractivity (Wildman–Crippen MR) is 130 cm³/mol. The third kappa shape index (κ3) is 3.90. The van der Waals surface area contributed by atoms with Crippen LogP contribution in [0.1, 0.15) is 34.7 Å². The number of rotatable bonds is 6. The fourth-order valence-corrected chi connectivity index (χ4v) is 4.63. The van der Waals surface area contributed by atoms with Gasteiger partial charge in [0.05, 0.1) is 12.3 Å². The van der Waals surface area contributed by atoms with Gasteiger partial charge in [-0.15, -0.1) is 15.3 Å². The zero-order valence-electron chi connectivity index (χ0n) is 19.1. The van der Waals surface area contributed by atoms with E-state index < -0.39 is 0 Å². The number of para-hydroxylation sites is 1. The molecule has 0 aliphatic carbocycles. The van der Waals surface area contributed by atoms with Crippen LogP contribution in [0.3, 0.4) is 0 Å². The van der Waals surface area contributed by atoms with E-state index in [1.807, 2.05) is 61.5 Å². The van der Waals surface area contributed by atoms with E-state index in [1.54, 1.807) is 9.20 Å². The van der Waals surface area contributed by atoms with Gasteiger partial charge < -0.3 is 10.1 Å². The van der Waals surface area contributed by atoms with Gasteiger partial charge in [-0.2, -0.15) is 14.3 Å².